The highest BCUT2D eigenvalue weighted by Gasteiger charge is 2.25. The van der Waals surface area contributed by atoms with Crippen LogP contribution in [0.3, 0.4) is 0 Å². The van der Waals surface area contributed by atoms with E-state index in [-0.39, 0.29) is 5.91 Å². The molecule has 0 radical (unpaired) electrons. The van der Waals surface area contributed by atoms with Crippen molar-refractivity contribution < 1.29 is 4.79 Å². The number of aromatic nitrogens is 1. The summed E-state index contributed by atoms with van der Waals surface area (Å²) in [7, 11) is 2.13. The van der Waals surface area contributed by atoms with Crippen molar-refractivity contribution in [3.63, 3.8) is 0 Å². The summed E-state index contributed by atoms with van der Waals surface area (Å²) in [5.74, 6) is 0.0292. The molecule has 5 heteroatoms. The van der Waals surface area contributed by atoms with Gasteiger partial charge in [-0.2, -0.15) is 0 Å². The molecule has 4 nitrogen and oxygen atoms in total. The summed E-state index contributed by atoms with van der Waals surface area (Å²) < 4.78 is 0. The molecule has 0 saturated heterocycles. The molecule has 1 aliphatic carbocycles. The Morgan fingerprint density at radius 2 is 2.26 bits per heavy atom. The minimum absolute atomic E-state index is 0.0292. The number of hydrogen-bond donors (Lipinski definition) is 1. The van der Waals surface area contributed by atoms with Crippen molar-refractivity contribution in [2.45, 2.75) is 45.6 Å². The highest BCUT2D eigenvalue weighted by Crippen LogP contribution is 2.24. The molecule has 1 heterocycles. The summed E-state index contributed by atoms with van der Waals surface area (Å²) in [5, 5.41) is 4.07. The first kappa shape index (κ1) is 14.5. The number of nitrogens with one attached hydrogen (secondary N) is 1. The SMILES string of the molecule is CCCc1nc(C)c(C(=O)NCCN(C)C2CC2)s1. The maximum atomic E-state index is 12.1. The molecule has 0 bridgehead atoms. The average Bonchev–Trinajstić information content (AvgIpc) is 3.14. The molecule has 0 aromatic carbocycles. The van der Waals surface area contributed by atoms with E-state index in [0.29, 0.717) is 6.54 Å². The average molecular weight is 281 g/mol. The molecule has 0 atom stereocenters. The quantitative estimate of drug-likeness (QED) is 0.833. The van der Waals surface area contributed by atoms with Crippen LogP contribution in [0, 0.1) is 6.92 Å². The molecule has 1 fully saturated rings. The molecular formula is C14H23N3OS. The first-order chi connectivity index (χ1) is 9.11. The Morgan fingerprint density at radius 3 is 2.89 bits per heavy atom. The molecule has 0 aliphatic heterocycles. The Morgan fingerprint density at radius 1 is 1.53 bits per heavy atom. The lowest BCUT2D eigenvalue weighted by molar-refractivity contribution is 0.0952. The van der Waals surface area contributed by atoms with E-state index in [4.69, 9.17) is 0 Å². The van der Waals surface area contributed by atoms with Crippen LogP contribution in [0.1, 0.15) is 46.6 Å². The van der Waals surface area contributed by atoms with Gasteiger partial charge in [0.15, 0.2) is 0 Å². The molecule has 1 aromatic heterocycles. The summed E-state index contributed by atoms with van der Waals surface area (Å²) in [6, 6.07) is 0.748. The molecular weight excluding hydrogens is 258 g/mol. The summed E-state index contributed by atoms with van der Waals surface area (Å²) >= 11 is 1.53. The zero-order valence-corrected chi connectivity index (χ0v) is 12.8. The molecule has 1 aliphatic rings. The molecule has 1 aromatic rings. The van der Waals surface area contributed by atoms with Crippen LogP contribution in [0.4, 0.5) is 0 Å². The zero-order chi connectivity index (χ0) is 13.8. The number of likely N-dealkylation sites (N-methyl/N-ethyl adjacent to an activating group) is 1. The lowest BCUT2D eigenvalue weighted by Crippen LogP contribution is -2.33. The van der Waals surface area contributed by atoms with Gasteiger partial charge in [0.2, 0.25) is 0 Å². The number of rotatable bonds is 7. The number of carbonyl (C=O) groups excluding carboxylic acids is 1. The van der Waals surface area contributed by atoms with Crippen LogP contribution in [0.15, 0.2) is 0 Å². The summed E-state index contributed by atoms with van der Waals surface area (Å²) in [4.78, 5) is 19.6. The molecule has 106 valence electrons. The molecule has 0 spiro atoms. The van der Waals surface area contributed by atoms with Crippen LogP contribution in [-0.2, 0) is 6.42 Å². The Hall–Kier alpha value is -0.940. The van der Waals surface area contributed by atoms with Crippen LogP contribution in [0.2, 0.25) is 0 Å². The van der Waals surface area contributed by atoms with E-state index in [1.165, 1.54) is 24.2 Å². The minimum Gasteiger partial charge on any atom is -0.350 e. The summed E-state index contributed by atoms with van der Waals surface area (Å²) in [5.41, 5.74) is 0.862. The third-order valence-corrected chi connectivity index (χ3v) is 4.65. The molecule has 19 heavy (non-hydrogen) atoms. The van der Waals surface area contributed by atoms with Gasteiger partial charge in [-0.25, -0.2) is 4.98 Å². The minimum atomic E-state index is 0.0292. The van der Waals surface area contributed by atoms with Crippen molar-refractivity contribution in [3.05, 3.63) is 15.6 Å². The van der Waals surface area contributed by atoms with E-state index >= 15 is 0 Å². The van der Waals surface area contributed by atoms with Gasteiger partial charge in [-0.05, 0) is 39.7 Å². The Labute approximate surface area is 119 Å². The number of carbonyl (C=O) groups is 1. The van der Waals surface area contributed by atoms with Gasteiger partial charge in [-0.15, -0.1) is 11.3 Å². The second-order valence-corrected chi connectivity index (χ2v) is 6.32. The molecule has 0 unspecified atom stereocenters. The number of hydrogen-bond acceptors (Lipinski definition) is 4. The highest BCUT2D eigenvalue weighted by molar-refractivity contribution is 7.13. The summed E-state index contributed by atoms with van der Waals surface area (Å²) in [6.45, 7) is 5.69. The molecule has 2 rings (SSSR count). The predicted molar refractivity (Wildman–Crippen MR) is 78.8 cm³/mol. The van der Waals surface area contributed by atoms with Gasteiger partial charge in [0.1, 0.15) is 4.88 Å². The Kier molecular flexibility index (Phi) is 4.93. The third kappa shape index (κ3) is 4.01. The fourth-order valence-corrected chi connectivity index (χ4v) is 3.19. The van der Waals surface area contributed by atoms with E-state index in [2.05, 4.69) is 29.2 Å². The van der Waals surface area contributed by atoms with E-state index in [1.54, 1.807) is 0 Å². The number of amides is 1. The maximum absolute atomic E-state index is 12.1. The van der Waals surface area contributed by atoms with Gasteiger partial charge < -0.3 is 10.2 Å². The van der Waals surface area contributed by atoms with Crippen LogP contribution in [0.5, 0.6) is 0 Å². The van der Waals surface area contributed by atoms with Gasteiger partial charge in [0.25, 0.3) is 5.91 Å². The van der Waals surface area contributed by atoms with Gasteiger partial charge >= 0.3 is 0 Å². The van der Waals surface area contributed by atoms with Crippen molar-refractivity contribution >= 4 is 17.2 Å². The largest absolute Gasteiger partial charge is 0.350 e. The fraction of sp³-hybridized carbons (Fsp3) is 0.714. The molecule has 1 N–H and O–H groups in total. The number of nitrogens with zero attached hydrogens (tertiary/aromatic N) is 2. The first-order valence-corrected chi connectivity index (χ1v) is 7.88. The highest BCUT2D eigenvalue weighted by atomic mass is 32.1. The lowest BCUT2D eigenvalue weighted by atomic mass is 10.3. The van der Waals surface area contributed by atoms with Crippen molar-refractivity contribution in [1.82, 2.24) is 15.2 Å². The van der Waals surface area contributed by atoms with Gasteiger partial charge in [0, 0.05) is 19.1 Å². The van der Waals surface area contributed by atoms with Crippen LogP contribution in [-0.4, -0.2) is 42.0 Å². The van der Waals surface area contributed by atoms with E-state index in [1.807, 2.05) is 6.92 Å². The maximum Gasteiger partial charge on any atom is 0.263 e. The van der Waals surface area contributed by atoms with Gasteiger partial charge in [0.05, 0.1) is 10.7 Å². The van der Waals surface area contributed by atoms with E-state index in [0.717, 1.165) is 41.0 Å². The monoisotopic (exact) mass is 281 g/mol. The zero-order valence-electron chi connectivity index (χ0n) is 12.0. The third-order valence-electron chi connectivity index (χ3n) is 3.43. The van der Waals surface area contributed by atoms with Crippen molar-refractivity contribution in [1.29, 1.82) is 0 Å². The van der Waals surface area contributed by atoms with E-state index < -0.39 is 0 Å². The lowest BCUT2D eigenvalue weighted by Gasteiger charge is -2.15. The van der Waals surface area contributed by atoms with Crippen molar-refractivity contribution in [3.8, 4) is 0 Å². The predicted octanol–water partition coefficient (Wildman–Crippen LogP) is 2.23. The van der Waals surface area contributed by atoms with Gasteiger partial charge in [-0.3, -0.25) is 4.79 Å². The molecule has 1 saturated carbocycles. The smallest absolute Gasteiger partial charge is 0.263 e. The topological polar surface area (TPSA) is 45.2 Å². The van der Waals surface area contributed by atoms with Gasteiger partial charge in [-0.1, -0.05) is 6.92 Å². The Balaban J connectivity index is 1.81. The Bertz CT molecular complexity index is 440. The molecule has 1 amide bonds. The van der Waals surface area contributed by atoms with Crippen LogP contribution < -0.4 is 5.32 Å². The number of thiazole rings is 1. The second-order valence-electron chi connectivity index (χ2n) is 5.24. The summed E-state index contributed by atoms with van der Waals surface area (Å²) in [6.07, 6.45) is 4.64. The first-order valence-electron chi connectivity index (χ1n) is 7.06. The van der Waals surface area contributed by atoms with E-state index in [9.17, 15) is 4.79 Å². The van der Waals surface area contributed by atoms with Crippen molar-refractivity contribution in [2.75, 3.05) is 20.1 Å². The second kappa shape index (κ2) is 6.48. The van der Waals surface area contributed by atoms with Crippen molar-refractivity contribution in [2.24, 2.45) is 0 Å². The normalized spacial score (nSPS) is 14.9. The fourth-order valence-electron chi connectivity index (χ4n) is 2.11. The van der Waals surface area contributed by atoms with Crippen LogP contribution >= 0.6 is 11.3 Å². The number of aryl methyl sites for hydroxylation is 2. The van der Waals surface area contributed by atoms with Crippen LogP contribution in [0.25, 0.3) is 0 Å². The standard InChI is InChI=1S/C14H23N3OS/c1-4-5-12-16-10(2)13(19-12)14(18)15-8-9-17(3)11-6-7-11/h11H,4-9H2,1-3H3,(H,15,18).